The number of benzene rings is 2. The van der Waals surface area contributed by atoms with Crippen LogP contribution in [0.25, 0.3) is 0 Å². The maximum atomic E-state index is 12.4. The number of carboxylic acid groups (broad SMARTS) is 2. The van der Waals surface area contributed by atoms with Crippen LogP contribution in [0.15, 0.2) is 48.5 Å². The van der Waals surface area contributed by atoms with Gasteiger partial charge in [-0.2, -0.15) is 0 Å². The van der Waals surface area contributed by atoms with E-state index in [0.717, 1.165) is 5.56 Å². The first-order valence-corrected chi connectivity index (χ1v) is 13.9. The molecule has 44 heavy (non-hydrogen) atoms. The minimum atomic E-state index is -1.38. The summed E-state index contributed by atoms with van der Waals surface area (Å²) >= 11 is 0. The van der Waals surface area contributed by atoms with Crippen molar-refractivity contribution in [1.82, 2.24) is 16.0 Å². The van der Waals surface area contributed by atoms with Crippen LogP contribution < -0.4 is 16.0 Å². The molecule has 240 valence electrons. The van der Waals surface area contributed by atoms with Crippen molar-refractivity contribution in [2.24, 2.45) is 0 Å². The van der Waals surface area contributed by atoms with Gasteiger partial charge in [0, 0.05) is 19.4 Å². The molecule has 0 radical (unpaired) electrons. The van der Waals surface area contributed by atoms with E-state index in [1.807, 2.05) is 18.2 Å². The summed E-state index contributed by atoms with van der Waals surface area (Å²) in [5.41, 5.74) is 0.420. The lowest BCUT2D eigenvalue weighted by molar-refractivity contribution is -0.140. The number of carbonyl (C=O) groups excluding carboxylic acids is 3. The van der Waals surface area contributed by atoms with Crippen molar-refractivity contribution in [3.05, 3.63) is 70.8 Å². The summed E-state index contributed by atoms with van der Waals surface area (Å²) in [6, 6.07) is 11.1. The predicted octanol–water partition coefficient (Wildman–Crippen LogP) is 4.15. The first-order valence-electron chi connectivity index (χ1n) is 13.9. The normalized spacial score (nSPS) is 12.7. The van der Waals surface area contributed by atoms with Crippen molar-refractivity contribution in [2.75, 3.05) is 0 Å². The Kier molecular flexibility index (Phi) is 12.5. The van der Waals surface area contributed by atoms with E-state index in [2.05, 4.69) is 16.0 Å². The molecule has 0 aliphatic rings. The van der Waals surface area contributed by atoms with Gasteiger partial charge in [0.05, 0.1) is 0 Å². The topological polar surface area (TPSA) is 190 Å². The van der Waals surface area contributed by atoms with Crippen LogP contribution in [0.1, 0.15) is 63.8 Å². The molecule has 5 N–H and O–H groups in total. The molecule has 0 unspecified atom stereocenters. The predicted molar refractivity (Wildman–Crippen MR) is 159 cm³/mol. The number of hydrogen-bond donors (Lipinski definition) is 5. The number of carbonyl (C=O) groups is 5. The molecule has 0 fully saturated rings. The van der Waals surface area contributed by atoms with Crippen molar-refractivity contribution < 1.29 is 48.4 Å². The fraction of sp³-hybridized carbons (Fsp3) is 0.452. The van der Waals surface area contributed by atoms with E-state index in [0.29, 0.717) is 16.7 Å². The van der Waals surface area contributed by atoms with Crippen LogP contribution in [0, 0.1) is 0 Å². The minimum absolute atomic E-state index is 0.0388. The standard InChI is InChI=1S/C31H41N3O10/c1-30(2,3)43-28(40)33-23(25(35)36)15-20-12-21(16-24(26(37)38)34-29(41)44-31(4,5)6)14-22(13-20)17-32-27(39)42-18-19-10-8-7-9-11-19/h7-14,23-24H,15-18H2,1-6H3,(H,32,39)(H,33,40)(H,34,41)(H,35,36)(H,37,38)/t23-,24-/m0/s1. The summed E-state index contributed by atoms with van der Waals surface area (Å²) in [5.74, 6) is -2.64. The minimum Gasteiger partial charge on any atom is -0.480 e. The third-order valence-corrected chi connectivity index (χ3v) is 5.62. The molecule has 0 aliphatic heterocycles. The van der Waals surface area contributed by atoms with Crippen LogP contribution in [-0.2, 0) is 49.8 Å². The van der Waals surface area contributed by atoms with Crippen LogP contribution in [-0.4, -0.2) is 63.7 Å². The van der Waals surface area contributed by atoms with Gasteiger partial charge in [-0.1, -0.05) is 48.5 Å². The molecule has 0 aromatic heterocycles. The van der Waals surface area contributed by atoms with Crippen LogP contribution in [0.2, 0.25) is 0 Å². The molecular formula is C31H41N3O10. The van der Waals surface area contributed by atoms with Crippen molar-refractivity contribution in [2.45, 2.75) is 90.8 Å². The molecule has 2 rings (SSSR count). The Morgan fingerprint density at radius 3 is 1.50 bits per heavy atom. The molecule has 0 aliphatic carbocycles. The number of amides is 3. The van der Waals surface area contributed by atoms with E-state index in [1.54, 1.807) is 71.9 Å². The van der Waals surface area contributed by atoms with Crippen LogP contribution in [0.4, 0.5) is 14.4 Å². The van der Waals surface area contributed by atoms with Crippen molar-refractivity contribution >= 4 is 30.2 Å². The monoisotopic (exact) mass is 615 g/mol. The number of carboxylic acids is 2. The van der Waals surface area contributed by atoms with Crippen molar-refractivity contribution in [1.29, 1.82) is 0 Å². The van der Waals surface area contributed by atoms with Crippen molar-refractivity contribution in [3.8, 4) is 0 Å². The zero-order valence-corrected chi connectivity index (χ0v) is 25.8. The molecule has 13 heteroatoms. The second-order valence-electron chi connectivity index (χ2n) is 12.1. The van der Waals surface area contributed by atoms with E-state index in [1.165, 1.54) is 0 Å². The largest absolute Gasteiger partial charge is 0.480 e. The van der Waals surface area contributed by atoms with Crippen LogP contribution >= 0.6 is 0 Å². The number of alkyl carbamates (subject to hydrolysis) is 3. The average molecular weight is 616 g/mol. The van der Waals surface area contributed by atoms with Gasteiger partial charge < -0.3 is 40.4 Å². The molecule has 0 bridgehead atoms. The Balaban J connectivity index is 2.28. The number of aliphatic carboxylic acids is 2. The van der Waals surface area contributed by atoms with Gasteiger partial charge in [0.1, 0.15) is 29.9 Å². The lowest BCUT2D eigenvalue weighted by Crippen LogP contribution is -2.45. The first kappa shape index (κ1) is 35.4. The van der Waals surface area contributed by atoms with E-state index in [9.17, 15) is 34.2 Å². The highest BCUT2D eigenvalue weighted by Gasteiger charge is 2.27. The number of rotatable bonds is 12. The molecule has 13 nitrogen and oxygen atoms in total. The smallest absolute Gasteiger partial charge is 0.408 e. The zero-order valence-electron chi connectivity index (χ0n) is 25.8. The molecule has 3 amide bonds. The zero-order chi connectivity index (χ0) is 33.1. The third kappa shape index (κ3) is 13.9. The van der Waals surface area contributed by atoms with Gasteiger partial charge in [-0.25, -0.2) is 24.0 Å². The van der Waals surface area contributed by atoms with E-state index >= 15 is 0 Å². The highest BCUT2D eigenvalue weighted by Crippen LogP contribution is 2.17. The maximum absolute atomic E-state index is 12.4. The highest BCUT2D eigenvalue weighted by atomic mass is 16.6. The molecule has 2 aromatic carbocycles. The van der Waals surface area contributed by atoms with E-state index in [4.69, 9.17) is 14.2 Å². The lowest BCUT2D eigenvalue weighted by atomic mass is 9.96. The molecule has 0 heterocycles. The van der Waals surface area contributed by atoms with Gasteiger partial charge in [0.2, 0.25) is 0 Å². The fourth-order valence-electron chi connectivity index (χ4n) is 3.90. The van der Waals surface area contributed by atoms with Gasteiger partial charge >= 0.3 is 30.2 Å². The van der Waals surface area contributed by atoms with Gasteiger partial charge in [0.15, 0.2) is 0 Å². The quantitative estimate of drug-likeness (QED) is 0.217. The van der Waals surface area contributed by atoms with Gasteiger partial charge in [-0.15, -0.1) is 0 Å². The Labute approximate surface area is 256 Å². The molecule has 2 atom stereocenters. The summed E-state index contributed by atoms with van der Waals surface area (Å²) < 4.78 is 15.6. The molecule has 0 saturated heterocycles. The molecule has 2 aromatic rings. The number of ether oxygens (including phenoxy) is 3. The summed E-state index contributed by atoms with van der Waals surface area (Å²) in [7, 11) is 0. The molecule has 0 saturated carbocycles. The Hall–Kier alpha value is -4.81. The number of hydrogen-bond acceptors (Lipinski definition) is 8. The average Bonchev–Trinajstić information content (AvgIpc) is 2.88. The summed E-state index contributed by atoms with van der Waals surface area (Å²) in [6.45, 7) is 9.84. The van der Waals surface area contributed by atoms with Gasteiger partial charge in [0.25, 0.3) is 0 Å². The molecule has 0 spiro atoms. The van der Waals surface area contributed by atoms with Crippen molar-refractivity contribution in [3.63, 3.8) is 0 Å². The first-order chi connectivity index (χ1) is 20.4. The Morgan fingerprint density at radius 2 is 1.09 bits per heavy atom. The molecular weight excluding hydrogens is 574 g/mol. The summed E-state index contributed by atoms with van der Waals surface area (Å²) in [5, 5.41) is 26.8. The highest BCUT2D eigenvalue weighted by molar-refractivity contribution is 5.81. The second kappa shape index (κ2) is 15.6. The van der Waals surface area contributed by atoms with Gasteiger partial charge in [-0.3, -0.25) is 0 Å². The lowest BCUT2D eigenvalue weighted by Gasteiger charge is -2.23. The van der Waals surface area contributed by atoms with Crippen LogP contribution in [0.3, 0.4) is 0 Å². The third-order valence-electron chi connectivity index (χ3n) is 5.62. The SMILES string of the molecule is CC(C)(C)OC(=O)N[C@@H](Cc1cc(CNC(=O)OCc2ccccc2)cc(C[C@H](NC(=O)OC(C)(C)C)C(=O)O)c1)C(=O)O. The maximum Gasteiger partial charge on any atom is 0.408 e. The Morgan fingerprint density at radius 1 is 0.659 bits per heavy atom. The van der Waals surface area contributed by atoms with E-state index < -0.39 is 53.5 Å². The Bertz CT molecular complexity index is 1250. The van der Waals surface area contributed by atoms with Crippen LogP contribution in [0.5, 0.6) is 0 Å². The van der Waals surface area contributed by atoms with E-state index in [-0.39, 0.29) is 26.0 Å². The van der Waals surface area contributed by atoms with Gasteiger partial charge in [-0.05, 0) is 63.8 Å². The summed E-state index contributed by atoms with van der Waals surface area (Å²) in [6.07, 6.45) is -2.92. The number of nitrogens with one attached hydrogen (secondary N) is 3. The second-order valence-corrected chi connectivity index (χ2v) is 12.1. The summed E-state index contributed by atoms with van der Waals surface area (Å²) in [4.78, 5) is 60.9. The fourth-order valence-corrected chi connectivity index (χ4v) is 3.90.